The second kappa shape index (κ2) is 5.73. The Bertz CT molecular complexity index is 421. The molecular formula is C10H7BrClF3O2. The number of Topliss-reactive ketones (excluding diaryl/α,β-unsaturated/α-hetero) is 1. The monoisotopic (exact) mass is 330 g/mol. The Balaban J connectivity index is 3.08. The van der Waals surface area contributed by atoms with Crippen molar-refractivity contribution in [3.63, 3.8) is 0 Å². The van der Waals surface area contributed by atoms with Gasteiger partial charge in [-0.15, -0.1) is 24.8 Å². The van der Waals surface area contributed by atoms with Crippen molar-refractivity contribution >= 4 is 33.3 Å². The lowest BCUT2D eigenvalue weighted by atomic mass is 10.1. The maximum Gasteiger partial charge on any atom is 0.573 e. The van der Waals surface area contributed by atoms with E-state index in [9.17, 15) is 18.0 Å². The zero-order valence-electron chi connectivity index (χ0n) is 8.35. The number of carbonyl (C=O) groups is 1. The van der Waals surface area contributed by atoms with Crippen molar-refractivity contribution < 1.29 is 22.7 Å². The number of ketones is 1. The maximum absolute atomic E-state index is 12.1. The molecule has 0 radical (unpaired) electrons. The number of hydrogen-bond donors (Lipinski definition) is 0. The van der Waals surface area contributed by atoms with Crippen molar-refractivity contribution in [1.29, 1.82) is 0 Å². The largest absolute Gasteiger partial charge is 0.573 e. The van der Waals surface area contributed by atoms with Crippen molar-refractivity contribution in [3.05, 3.63) is 28.2 Å². The van der Waals surface area contributed by atoms with Crippen LogP contribution in [0.15, 0.2) is 22.7 Å². The highest BCUT2D eigenvalue weighted by Gasteiger charge is 2.32. The minimum atomic E-state index is -4.83. The van der Waals surface area contributed by atoms with Gasteiger partial charge in [0.05, 0.1) is 5.56 Å². The molecule has 1 aromatic rings. The second-order valence-corrected chi connectivity index (χ2v) is 4.34. The molecule has 1 rings (SSSR count). The fourth-order valence-corrected chi connectivity index (χ4v) is 1.69. The fraction of sp³-hybridized carbons (Fsp3) is 0.300. The van der Waals surface area contributed by atoms with Crippen LogP contribution in [0, 0.1) is 0 Å². The first kappa shape index (κ1) is 14.3. The van der Waals surface area contributed by atoms with Crippen LogP contribution in [0.3, 0.4) is 0 Å². The Labute approximate surface area is 109 Å². The number of halogens is 5. The van der Waals surface area contributed by atoms with Crippen molar-refractivity contribution in [2.75, 3.05) is 5.88 Å². The molecule has 0 bridgehead atoms. The summed E-state index contributed by atoms with van der Waals surface area (Å²) in [6, 6.07) is 3.72. The van der Waals surface area contributed by atoms with E-state index in [1.165, 1.54) is 12.1 Å². The smallest absolute Gasteiger partial charge is 0.405 e. The number of rotatable bonds is 4. The summed E-state index contributed by atoms with van der Waals surface area (Å²) in [6.07, 6.45) is -4.88. The quantitative estimate of drug-likeness (QED) is 0.612. The van der Waals surface area contributed by atoms with Gasteiger partial charge in [-0.05, 0) is 18.2 Å². The zero-order chi connectivity index (χ0) is 13.1. The van der Waals surface area contributed by atoms with Gasteiger partial charge in [0, 0.05) is 16.8 Å². The first-order valence-electron chi connectivity index (χ1n) is 4.48. The topological polar surface area (TPSA) is 26.3 Å². The average molecular weight is 332 g/mol. The molecule has 7 heteroatoms. The molecule has 0 aliphatic heterocycles. The van der Waals surface area contributed by atoms with E-state index >= 15 is 0 Å². The molecule has 0 atom stereocenters. The van der Waals surface area contributed by atoms with Crippen LogP contribution in [0.1, 0.15) is 16.8 Å². The highest BCUT2D eigenvalue weighted by atomic mass is 79.9. The Kier molecular flexibility index (Phi) is 4.82. The average Bonchev–Trinajstić information content (AvgIpc) is 2.19. The predicted molar refractivity (Wildman–Crippen MR) is 60.5 cm³/mol. The van der Waals surface area contributed by atoms with Gasteiger partial charge in [0.1, 0.15) is 5.75 Å². The van der Waals surface area contributed by atoms with E-state index in [1.807, 2.05) is 0 Å². The highest BCUT2D eigenvalue weighted by Crippen LogP contribution is 2.29. The number of alkyl halides is 4. The fourth-order valence-electron chi connectivity index (χ4n) is 1.15. The third kappa shape index (κ3) is 4.55. The van der Waals surface area contributed by atoms with E-state index in [2.05, 4.69) is 20.7 Å². The number of carbonyl (C=O) groups excluding carboxylic acids is 1. The number of benzene rings is 1. The summed E-state index contributed by atoms with van der Waals surface area (Å²) in [7, 11) is 0. The molecule has 0 fully saturated rings. The lowest BCUT2D eigenvalue weighted by molar-refractivity contribution is -0.274. The summed E-state index contributed by atoms with van der Waals surface area (Å²) >= 11 is 8.45. The van der Waals surface area contributed by atoms with Crippen molar-refractivity contribution in [2.45, 2.75) is 12.8 Å². The summed E-state index contributed by atoms with van der Waals surface area (Å²) in [5.41, 5.74) is -0.141. The predicted octanol–water partition coefficient (Wildman–Crippen LogP) is 4.16. The van der Waals surface area contributed by atoms with Gasteiger partial charge in [-0.2, -0.15) is 0 Å². The molecule has 17 heavy (non-hydrogen) atoms. The normalized spacial score (nSPS) is 11.4. The van der Waals surface area contributed by atoms with Gasteiger partial charge in [0.15, 0.2) is 5.78 Å². The number of hydrogen-bond acceptors (Lipinski definition) is 2. The first-order valence-corrected chi connectivity index (χ1v) is 5.80. The molecule has 2 nitrogen and oxygen atoms in total. The summed E-state index contributed by atoms with van der Waals surface area (Å²) in [6.45, 7) is 0. The molecular weight excluding hydrogens is 324 g/mol. The Hall–Kier alpha value is -0.750. The molecule has 0 spiro atoms. The third-order valence-corrected chi connectivity index (χ3v) is 2.47. The summed E-state index contributed by atoms with van der Waals surface area (Å²) in [5, 5.41) is 0. The molecule has 0 aromatic heterocycles. The van der Waals surface area contributed by atoms with E-state index in [1.54, 1.807) is 0 Å². The lowest BCUT2D eigenvalue weighted by Crippen LogP contribution is -2.19. The summed E-state index contributed by atoms with van der Waals surface area (Å²) in [4.78, 5) is 11.6. The van der Waals surface area contributed by atoms with Gasteiger partial charge in [0.2, 0.25) is 0 Å². The molecule has 0 aliphatic carbocycles. The molecule has 94 valence electrons. The third-order valence-electron chi connectivity index (χ3n) is 1.79. The Morgan fingerprint density at radius 3 is 2.59 bits per heavy atom. The van der Waals surface area contributed by atoms with Crippen LogP contribution in [-0.2, 0) is 0 Å². The van der Waals surface area contributed by atoms with Crippen molar-refractivity contribution in [2.24, 2.45) is 0 Å². The molecule has 0 amide bonds. The molecule has 1 aromatic carbocycles. The SMILES string of the molecule is O=C(CCCl)c1cc(Br)ccc1OC(F)(F)F. The van der Waals surface area contributed by atoms with Gasteiger partial charge in [-0.3, -0.25) is 4.79 Å². The summed E-state index contributed by atoms with van der Waals surface area (Å²) < 4.78 is 40.6. The highest BCUT2D eigenvalue weighted by molar-refractivity contribution is 9.10. The van der Waals surface area contributed by atoms with Crippen LogP contribution in [-0.4, -0.2) is 18.0 Å². The van der Waals surface area contributed by atoms with E-state index in [0.29, 0.717) is 4.47 Å². The lowest BCUT2D eigenvalue weighted by Gasteiger charge is -2.12. The molecule has 0 aliphatic rings. The van der Waals surface area contributed by atoms with Crippen LogP contribution in [0.5, 0.6) is 5.75 Å². The van der Waals surface area contributed by atoms with Gasteiger partial charge in [0.25, 0.3) is 0 Å². The minimum absolute atomic E-state index is 0.0385. The molecule has 0 saturated heterocycles. The molecule has 0 unspecified atom stereocenters. The van der Waals surface area contributed by atoms with E-state index in [4.69, 9.17) is 11.6 Å². The van der Waals surface area contributed by atoms with Crippen molar-refractivity contribution in [1.82, 2.24) is 0 Å². The Morgan fingerprint density at radius 2 is 2.06 bits per heavy atom. The van der Waals surface area contributed by atoms with Gasteiger partial charge >= 0.3 is 6.36 Å². The van der Waals surface area contributed by atoms with E-state index in [-0.39, 0.29) is 17.9 Å². The Morgan fingerprint density at radius 1 is 1.41 bits per heavy atom. The van der Waals surface area contributed by atoms with Crippen LogP contribution in [0.25, 0.3) is 0 Å². The zero-order valence-corrected chi connectivity index (χ0v) is 10.7. The summed E-state index contributed by atoms with van der Waals surface area (Å²) in [5.74, 6) is -0.979. The molecule has 0 heterocycles. The van der Waals surface area contributed by atoms with Crippen LogP contribution in [0.2, 0.25) is 0 Å². The minimum Gasteiger partial charge on any atom is -0.405 e. The maximum atomic E-state index is 12.1. The standard InChI is InChI=1S/C10H7BrClF3O2/c11-6-1-2-9(17-10(13,14)15)7(5-6)8(16)3-4-12/h1-2,5H,3-4H2. The first-order chi connectivity index (χ1) is 7.83. The van der Waals surface area contributed by atoms with Gasteiger partial charge in [-0.25, -0.2) is 0 Å². The molecule has 0 saturated carbocycles. The molecule has 0 N–H and O–H groups in total. The van der Waals surface area contributed by atoms with Crippen LogP contribution in [0.4, 0.5) is 13.2 Å². The van der Waals surface area contributed by atoms with E-state index in [0.717, 1.165) is 6.07 Å². The van der Waals surface area contributed by atoms with Gasteiger partial charge < -0.3 is 4.74 Å². The second-order valence-electron chi connectivity index (χ2n) is 3.05. The van der Waals surface area contributed by atoms with Gasteiger partial charge in [-0.1, -0.05) is 15.9 Å². The van der Waals surface area contributed by atoms with Crippen LogP contribution < -0.4 is 4.74 Å². The number of ether oxygens (including phenoxy) is 1. The van der Waals surface area contributed by atoms with Crippen LogP contribution >= 0.6 is 27.5 Å². The van der Waals surface area contributed by atoms with Crippen molar-refractivity contribution in [3.8, 4) is 5.75 Å². The van der Waals surface area contributed by atoms with E-state index < -0.39 is 17.9 Å².